The predicted octanol–water partition coefficient (Wildman–Crippen LogP) is 3.55. The van der Waals surface area contributed by atoms with Gasteiger partial charge in [0, 0.05) is 12.1 Å². The molecule has 0 fully saturated rings. The van der Waals surface area contributed by atoms with Crippen LogP contribution in [0, 0.1) is 13.8 Å². The molecule has 0 bridgehead atoms. The summed E-state index contributed by atoms with van der Waals surface area (Å²) in [6.07, 6.45) is 0.608. The predicted molar refractivity (Wildman–Crippen MR) is 132 cm³/mol. The summed E-state index contributed by atoms with van der Waals surface area (Å²) in [5.41, 5.74) is 3.37. The quantitative estimate of drug-likeness (QED) is 0.369. The van der Waals surface area contributed by atoms with Crippen LogP contribution in [0.25, 0.3) is 16.7 Å². The highest BCUT2D eigenvalue weighted by Gasteiger charge is 2.19. The fraction of sp³-hybridized carbons (Fsp3) is 0.185. The van der Waals surface area contributed by atoms with Gasteiger partial charge in [-0.3, -0.25) is 14.2 Å². The molecule has 0 amide bonds. The molecule has 7 nitrogen and oxygen atoms in total. The van der Waals surface area contributed by atoms with Crippen LogP contribution in [0.4, 0.5) is 0 Å². The number of aromatic nitrogens is 4. The number of rotatable bonds is 6. The molecule has 0 saturated heterocycles. The van der Waals surface area contributed by atoms with Crippen LogP contribution in [0.5, 0.6) is 0 Å². The summed E-state index contributed by atoms with van der Waals surface area (Å²) in [5.74, 6) is 0.0311. The molecule has 0 saturated carbocycles. The maximum atomic E-state index is 13.4. The Kier molecular flexibility index (Phi) is 5.45. The second-order valence-electron chi connectivity index (χ2n) is 8.53. The van der Waals surface area contributed by atoms with E-state index in [1.54, 1.807) is 30.3 Å². The zero-order valence-electron chi connectivity index (χ0n) is 19.1. The van der Waals surface area contributed by atoms with Crippen molar-refractivity contribution in [2.45, 2.75) is 33.4 Å². The van der Waals surface area contributed by atoms with Crippen molar-refractivity contribution in [2.75, 3.05) is 0 Å². The molecular weight excluding hydrogens is 428 g/mol. The number of hydrogen-bond acceptors (Lipinski definition) is 4. The minimum absolute atomic E-state index is 0.203. The second-order valence-corrected chi connectivity index (χ2v) is 8.53. The van der Waals surface area contributed by atoms with Crippen molar-refractivity contribution >= 4 is 22.5 Å². The van der Waals surface area contributed by atoms with Crippen molar-refractivity contribution in [1.29, 1.82) is 0 Å². The van der Waals surface area contributed by atoms with Gasteiger partial charge < -0.3 is 0 Å². The third kappa shape index (κ3) is 3.75. The highest BCUT2D eigenvalue weighted by atomic mass is 16.2. The molecule has 2 aromatic heterocycles. The summed E-state index contributed by atoms with van der Waals surface area (Å²) in [6, 6.07) is 22.4. The lowest BCUT2D eigenvalue weighted by Crippen LogP contribution is -2.28. The molecule has 5 rings (SSSR count). The minimum atomic E-state index is -0.447. The normalized spacial score (nSPS) is 11.4. The highest BCUT2D eigenvalue weighted by Crippen LogP contribution is 2.14. The van der Waals surface area contributed by atoms with Gasteiger partial charge >= 0.3 is 5.69 Å². The Morgan fingerprint density at radius 2 is 1.65 bits per heavy atom. The molecule has 0 aliphatic carbocycles. The number of Topliss-reactive ketones (excluding diaryl/α,β-unsaturated/α-hetero) is 1. The lowest BCUT2D eigenvalue weighted by molar-refractivity contribution is 0.0965. The van der Waals surface area contributed by atoms with Gasteiger partial charge in [0.05, 0.1) is 10.9 Å². The number of ketones is 1. The molecule has 170 valence electrons. The summed E-state index contributed by atoms with van der Waals surface area (Å²) in [6.45, 7) is 4.00. The van der Waals surface area contributed by atoms with Crippen molar-refractivity contribution in [1.82, 2.24) is 18.7 Å². The summed E-state index contributed by atoms with van der Waals surface area (Å²) < 4.78 is 4.10. The van der Waals surface area contributed by atoms with E-state index in [0.717, 1.165) is 21.4 Å². The van der Waals surface area contributed by atoms with E-state index >= 15 is 0 Å². The molecule has 2 heterocycles. The third-order valence-electron chi connectivity index (χ3n) is 6.13. The number of carbonyl (C=O) groups excluding carboxylic acids is 1. The van der Waals surface area contributed by atoms with Gasteiger partial charge in [0.1, 0.15) is 6.54 Å². The first kappa shape index (κ1) is 21.6. The molecule has 0 spiro atoms. The number of fused-ring (bicyclic) bond motifs is 3. The van der Waals surface area contributed by atoms with Crippen LogP contribution < -0.4 is 11.2 Å². The van der Waals surface area contributed by atoms with Crippen LogP contribution in [0.1, 0.15) is 27.0 Å². The summed E-state index contributed by atoms with van der Waals surface area (Å²) >= 11 is 0. The van der Waals surface area contributed by atoms with E-state index < -0.39 is 5.69 Å². The molecule has 5 aromatic rings. The topological polar surface area (TPSA) is 78.4 Å². The summed E-state index contributed by atoms with van der Waals surface area (Å²) in [7, 11) is 0. The van der Waals surface area contributed by atoms with E-state index in [0.29, 0.717) is 29.4 Å². The number of nitrogens with zero attached hydrogens (tertiary/aromatic N) is 4. The van der Waals surface area contributed by atoms with Crippen molar-refractivity contribution in [3.8, 4) is 0 Å². The Morgan fingerprint density at radius 1 is 0.912 bits per heavy atom. The molecule has 0 unspecified atom stereocenters. The standard InChI is InChI=1S/C27H24N4O3/c1-18-12-13-21(19(2)16-18)24(32)17-30-27(34)31-23-11-7-6-10-22(23)25(33)29(26(31)28-30)15-14-20-8-4-3-5-9-20/h3-13,16H,14-15,17H2,1-2H3. The van der Waals surface area contributed by atoms with E-state index in [1.807, 2.05) is 56.3 Å². The van der Waals surface area contributed by atoms with Gasteiger partial charge in [-0.15, -0.1) is 5.10 Å². The zero-order chi connectivity index (χ0) is 23.8. The monoisotopic (exact) mass is 452 g/mol. The number of para-hydroxylation sites is 1. The fourth-order valence-electron chi connectivity index (χ4n) is 4.41. The molecule has 0 radical (unpaired) electrons. The van der Waals surface area contributed by atoms with Gasteiger partial charge in [-0.2, -0.15) is 0 Å². The number of hydrogen-bond donors (Lipinski definition) is 0. The average Bonchev–Trinajstić information content (AvgIpc) is 3.15. The molecule has 0 N–H and O–H groups in total. The lowest BCUT2D eigenvalue weighted by Gasteiger charge is -2.09. The molecule has 0 atom stereocenters. The van der Waals surface area contributed by atoms with E-state index in [4.69, 9.17) is 0 Å². The summed E-state index contributed by atoms with van der Waals surface area (Å²) in [5, 5.41) is 4.89. The SMILES string of the molecule is Cc1ccc(C(=O)Cn2nc3n(CCc4ccccc4)c(=O)c4ccccc4n3c2=O)c(C)c1. The van der Waals surface area contributed by atoms with Gasteiger partial charge in [-0.05, 0) is 43.5 Å². The van der Waals surface area contributed by atoms with Gasteiger partial charge in [0.15, 0.2) is 5.78 Å². The second kappa shape index (κ2) is 8.59. The lowest BCUT2D eigenvalue weighted by atomic mass is 10.0. The maximum Gasteiger partial charge on any atom is 0.352 e. The van der Waals surface area contributed by atoms with Crippen LogP contribution in [0.2, 0.25) is 0 Å². The van der Waals surface area contributed by atoms with E-state index in [2.05, 4.69) is 5.10 Å². The smallest absolute Gasteiger partial charge is 0.292 e. The van der Waals surface area contributed by atoms with Gasteiger partial charge in [0.2, 0.25) is 5.78 Å². The number of benzene rings is 3. The summed E-state index contributed by atoms with van der Waals surface area (Å²) in [4.78, 5) is 39.7. The third-order valence-corrected chi connectivity index (χ3v) is 6.13. The Bertz CT molecular complexity index is 1660. The highest BCUT2D eigenvalue weighted by molar-refractivity contribution is 5.97. The van der Waals surface area contributed by atoms with Crippen LogP contribution in [0.15, 0.2) is 82.4 Å². The molecule has 7 heteroatoms. The first-order chi connectivity index (χ1) is 16.4. The minimum Gasteiger partial charge on any atom is -0.292 e. The Morgan fingerprint density at radius 3 is 2.41 bits per heavy atom. The Balaban J connectivity index is 1.63. The zero-order valence-corrected chi connectivity index (χ0v) is 19.1. The number of aryl methyl sites for hydroxylation is 4. The first-order valence-corrected chi connectivity index (χ1v) is 11.2. The van der Waals surface area contributed by atoms with Crippen LogP contribution >= 0.6 is 0 Å². The van der Waals surface area contributed by atoms with Crippen molar-refractivity contribution in [3.05, 3.63) is 116 Å². The van der Waals surface area contributed by atoms with Gasteiger partial charge in [-0.25, -0.2) is 13.9 Å². The molecule has 34 heavy (non-hydrogen) atoms. The first-order valence-electron chi connectivity index (χ1n) is 11.2. The Hall–Kier alpha value is -4.26. The van der Waals surface area contributed by atoms with E-state index in [9.17, 15) is 14.4 Å². The van der Waals surface area contributed by atoms with Crippen molar-refractivity contribution in [2.24, 2.45) is 0 Å². The molecular formula is C27H24N4O3. The van der Waals surface area contributed by atoms with Crippen molar-refractivity contribution in [3.63, 3.8) is 0 Å². The van der Waals surface area contributed by atoms with Gasteiger partial charge in [-0.1, -0.05) is 66.2 Å². The van der Waals surface area contributed by atoms with Crippen LogP contribution in [0.3, 0.4) is 0 Å². The average molecular weight is 453 g/mol. The molecule has 0 aliphatic rings. The number of carbonyl (C=O) groups is 1. The van der Waals surface area contributed by atoms with Gasteiger partial charge in [0.25, 0.3) is 5.56 Å². The van der Waals surface area contributed by atoms with Crippen LogP contribution in [-0.2, 0) is 19.5 Å². The largest absolute Gasteiger partial charge is 0.352 e. The Labute approximate surface area is 195 Å². The molecule has 3 aromatic carbocycles. The maximum absolute atomic E-state index is 13.4. The fourth-order valence-corrected chi connectivity index (χ4v) is 4.41. The molecule has 0 aliphatic heterocycles. The van der Waals surface area contributed by atoms with E-state index in [1.165, 1.54) is 8.97 Å². The van der Waals surface area contributed by atoms with Crippen LogP contribution in [-0.4, -0.2) is 24.5 Å². The van der Waals surface area contributed by atoms with E-state index in [-0.39, 0.29) is 23.7 Å². The van der Waals surface area contributed by atoms with Crippen molar-refractivity contribution < 1.29 is 4.79 Å².